The van der Waals surface area contributed by atoms with Crippen LogP contribution in [0.2, 0.25) is 0 Å². The minimum Gasteiger partial charge on any atom is -0.496 e. The van der Waals surface area contributed by atoms with E-state index in [4.69, 9.17) is 4.74 Å². The number of methoxy groups -OCH3 is 1. The van der Waals surface area contributed by atoms with Crippen molar-refractivity contribution >= 4 is 11.6 Å². The van der Waals surface area contributed by atoms with Gasteiger partial charge in [-0.2, -0.15) is 5.10 Å². The van der Waals surface area contributed by atoms with Crippen molar-refractivity contribution in [2.24, 2.45) is 0 Å². The molecule has 1 fully saturated rings. The van der Waals surface area contributed by atoms with Gasteiger partial charge in [0.05, 0.1) is 25.0 Å². The van der Waals surface area contributed by atoms with E-state index in [0.29, 0.717) is 36.3 Å². The van der Waals surface area contributed by atoms with Crippen LogP contribution in [0.25, 0.3) is 16.9 Å². The molecule has 0 spiro atoms. The summed E-state index contributed by atoms with van der Waals surface area (Å²) < 4.78 is 48.7. The van der Waals surface area contributed by atoms with Gasteiger partial charge in [-0.05, 0) is 37.1 Å². The molecule has 2 aromatic heterocycles. The lowest BCUT2D eigenvalue weighted by atomic mass is 10.0. The largest absolute Gasteiger partial charge is 0.496 e. The van der Waals surface area contributed by atoms with E-state index in [-0.39, 0.29) is 22.7 Å². The van der Waals surface area contributed by atoms with Crippen LogP contribution in [0.5, 0.6) is 5.75 Å². The van der Waals surface area contributed by atoms with E-state index in [1.165, 1.54) is 25.4 Å². The zero-order valence-electron chi connectivity index (χ0n) is 18.3. The number of fused-ring (bicyclic) bond motifs is 1. The summed E-state index contributed by atoms with van der Waals surface area (Å²) in [5, 5.41) is 4.05. The normalized spacial score (nSPS) is 15.9. The number of carbonyl (C=O) groups excluding carboxylic acids is 1. The number of para-hydroxylation sites is 1. The number of rotatable bonds is 5. The zero-order valence-corrected chi connectivity index (χ0v) is 18.3. The fourth-order valence-electron chi connectivity index (χ4n) is 4.52. The van der Waals surface area contributed by atoms with Crippen LogP contribution in [0, 0.1) is 5.82 Å². The Hall–Kier alpha value is -3.88. The Bertz CT molecular complexity index is 1370. The molecule has 0 aliphatic carbocycles. The van der Waals surface area contributed by atoms with Crippen LogP contribution >= 0.6 is 0 Å². The van der Waals surface area contributed by atoms with Gasteiger partial charge in [0.15, 0.2) is 5.65 Å². The third-order valence-electron chi connectivity index (χ3n) is 6.11. The maximum absolute atomic E-state index is 14.5. The number of hydrogen-bond acceptors (Lipinski definition) is 4. The molecule has 6 nitrogen and oxygen atoms in total. The SMILES string of the molecule is COc1ccccc1-c1cc(C(F)F)n2ncc(C(=O)N3CCC[C@H]3c3ccccc3F)c2n1. The highest BCUT2D eigenvalue weighted by molar-refractivity contribution is 6.00. The summed E-state index contributed by atoms with van der Waals surface area (Å²) >= 11 is 0. The number of ether oxygens (including phenoxy) is 1. The third-order valence-corrected chi connectivity index (χ3v) is 6.11. The molecule has 5 rings (SSSR count). The number of halogens is 3. The van der Waals surface area contributed by atoms with Crippen LogP contribution in [-0.4, -0.2) is 39.1 Å². The van der Waals surface area contributed by atoms with E-state index < -0.39 is 24.1 Å². The van der Waals surface area contributed by atoms with Gasteiger partial charge in [-0.3, -0.25) is 4.79 Å². The number of benzene rings is 2. The average Bonchev–Trinajstić information content (AvgIpc) is 3.50. The summed E-state index contributed by atoms with van der Waals surface area (Å²) in [5.41, 5.74) is 0.892. The highest BCUT2D eigenvalue weighted by atomic mass is 19.3. The molecule has 1 atom stereocenters. The monoisotopic (exact) mass is 466 g/mol. The van der Waals surface area contributed by atoms with Gasteiger partial charge in [-0.1, -0.05) is 30.3 Å². The quantitative estimate of drug-likeness (QED) is 0.392. The number of alkyl halides is 2. The molecule has 34 heavy (non-hydrogen) atoms. The molecular weight excluding hydrogens is 445 g/mol. The summed E-state index contributed by atoms with van der Waals surface area (Å²) in [5.74, 6) is -0.347. The molecule has 2 aromatic carbocycles. The molecule has 0 N–H and O–H groups in total. The van der Waals surface area contributed by atoms with Crippen LogP contribution in [0.1, 0.15) is 46.9 Å². The molecule has 1 saturated heterocycles. The highest BCUT2D eigenvalue weighted by Crippen LogP contribution is 2.36. The Morgan fingerprint density at radius 3 is 2.68 bits per heavy atom. The lowest BCUT2D eigenvalue weighted by Crippen LogP contribution is -2.31. The van der Waals surface area contributed by atoms with E-state index in [1.807, 2.05) is 0 Å². The molecule has 1 aliphatic rings. The Morgan fingerprint density at radius 2 is 1.91 bits per heavy atom. The smallest absolute Gasteiger partial charge is 0.280 e. The van der Waals surface area contributed by atoms with Crippen LogP contribution in [0.4, 0.5) is 13.2 Å². The second-order valence-electron chi connectivity index (χ2n) is 8.04. The van der Waals surface area contributed by atoms with E-state index in [9.17, 15) is 18.0 Å². The maximum Gasteiger partial charge on any atom is 0.280 e. The minimum atomic E-state index is -2.85. The summed E-state index contributed by atoms with van der Waals surface area (Å²) in [4.78, 5) is 19.7. The summed E-state index contributed by atoms with van der Waals surface area (Å²) in [6.07, 6.45) is -0.292. The van der Waals surface area contributed by atoms with Gasteiger partial charge in [-0.25, -0.2) is 22.7 Å². The Balaban J connectivity index is 1.62. The molecule has 0 saturated carbocycles. The van der Waals surface area contributed by atoms with Gasteiger partial charge < -0.3 is 9.64 Å². The van der Waals surface area contributed by atoms with Gasteiger partial charge in [0.1, 0.15) is 22.8 Å². The number of likely N-dealkylation sites (tertiary alicyclic amines) is 1. The minimum absolute atomic E-state index is 0.0166. The lowest BCUT2D eigenvalue weighted by molar-refractivity contribution is 0.0735. The first-order valence-corrected chi connectivity index (χ1v) is 10.8. The molecule has 0 radical (unpaired) electrons. The van der Waals surface area contributed by atoms with Crippen molar-refractivity contribution in [3.63, 3.8) is 0 Å². The molecule has 3 heterocycles. The lowest BCUT2D eigenvalue weighted by Gasteiger charge is -2.25. The first kappa shape index (κ1) is 21.9. The van der Waals surface area contributed by atoms with Crippen molar-refractivity contribution in [3.8, 4) is 17.0 Å². The average molecular weight is 466 g/mol. The molecule has 1 amide bonds. The number of amides is 1. The van der Waals surface area contributed by atoms with Gasteiger partial charge in [0.25, 0.3) is 12.3 Å². The Morgan fingerprint density at radius 1 is 1.15 bits per heavy atom. The zero-order chi connectivity index (χ0) is 23.8. The predicted molar refractivity (Wildman–Crippen MR) is 119 cm³/mol. The first-order chi connectivity index (χ1) is 16.5. The van der Waals surface area contributed by atoms with Crippen molar-refractivity contribution in [2.75, 3.05) is 13.7 Å². The van der Waals surface area contributed by atoms with Crippen LogP contribution in [0.3, 0.4) is 0 Å². The second-order valence-corrected chi connectivity index (χ2v) is 8.04. The molecular formula is C25H21F3N4O2. The third kappa shape index (κ3) is 3.67. The molecule has 0 bridgehead atoms. The summed E-state index contributed by atoms with van der Waals surface area (Å²) in [6, 6.07) is 14.1. The van der Waals surface area contributed by atoms with Crippen molar-refractivity contribution in [3.05, 3.63) is 83.4 Å². The summed E-state index contributed by atoms with van der Waals surface area (Å²) in [6.45, 7) is 0.420. The first-order valence-electron chi connectivity index (χ1n) is 10.8. The Kier molecular flexibility index (Phi) is 5.69. The van der Waals surface area contributed by atoms with Crippen LogP contribution in [-0.2, 0) is 0 Å². The van der Waals surface area contributed by atoms with E-state index in [0.717, 1.165) is 4.52 Å². The van der Waals surface area contributed by atoms with Crippen molar-refractivity contribution in [1.82, 2.24) is 19.5 Å². The van der Waals surface area contributed by atoms with Crippen LogP contribution in [0.15, 0.2) is 60.8 Å². The topological polar surface area (TPSA) is 59.7 Å². The number of aromatic nitrogens is 3. The fraction of sp³-hybridized carbons (Fsp3) is 0.240. The summed E-state index contributed by atoms with van der Waals surface area (Å²) in [7, 11) is 1.48. The van der Waals surface area contributed by atoms with Crippen molar-refractivity contribution < 1.29 is 22.7 Å². The van der Waals surface area contributed by atoms with Crippen molar-refractivity contribution in [1.29, 1.82) is 0 Å². The molecule has 174 valence electrons. The van der Waals surface area contributed by atoms with Crippen LogP contribution < -0.4 is 4.74 Å². The number of nitrogens with zero attached hydrogens (tertiary/aromatic N) is 4. The van der Waals surface area contributed by atoms with Gasteiger partial charge in [-0.15, -0.1) is 0 Å². The van der Waals surface area contributed by atoms with Gasteiger partial charge in [0, 0.05) is 17.7 Å². The number of carbonyl (C=O) groups is 1. The molecule has 1 aliphatic heterocycles. The molecule has 9 heteroatoms. The van der Waals surface area contributed by atoms with Gasteiger partial charge >= 0.3 is 0 Å². The number of hydrogen-bond donors (Lipinski definition) is 0. The van der Waals surface area contributed by atoms with E-state index in [1.54, 1.807) is 47.4 Å². The van der Waals surface area contributed by atoms with E-state index >= 15 is 0 Å². The maximum atomic E-state index is 14.5. The highest BCUT2D eigenvalue weighted by Gasteiger charge is 2.34. The standard InChI is InChI=1S/C25H21F3N4O2/c1-34-22-11-5-3-8-16(22)19-13-21(23(27)28)32-24(30-19)17(14-29-32)25(33)31-12-6-10-20(31)15-7-2-4-9-18(15)26/h2-5,7-9,11,13-14,20,23H,6,10,12H2,1H3/t20-/m0/s1. The molecule has 4 aromatic rings. The second kappa shape index (κ2) is 8.81. The predicted octanol–water partition coefficient (Wildman–Crippen LogP) is 5.46. The van der Waals surface area contributed by atoms with Gasteiger partial charge in [0.2, 0.25) is 0 Å². The molecule has 0 unspecified atom stereocenters. The van der Waals surface area contributed by atoms with Crippen molar-refractivity contribution in [2.45, 2.75) is 25.3 Å². The Labute approximate surface area is 193 Å². The van der Waals surface area contributed by atoms with E-state index in [2.05, 4.69) is 10.1 Å². The fourth-order valence-corrected chi connectivity index (χ4v) is 4.52.